The van der Waals surface area contributed by atoms with Crippen LogP contribution in [0.2, 0.25) is 0 Å². The Morgan fingerprint density at radius 1 is 1.38 bits per heavy atom. The lowest BCUT2D eigenvalue weighted by molar-refractivity contribution is 0.0611. The van der Waals surface area contributed by atoms with Crippen LogP contribution in [0, 0.1) is 6.92 Å². The molecule has 1 atom stereocenters. The zero-order valence-electron chi connectivity index (χ0n) is 13.4. The van der Waals surface area contributed by atoms with Gasteiger partial charge in [0, 0.05) is 30.7 Å². The van der Waals surface area contributed by atoms with E-state index in [1.54, 1.807) is 18.5 Å². The molecule has 0 radical (unpaired) electrons. The summed E-state index contributed by atoms with van der Waals surface area (Å²) in [6.07, 6.45) is 6.11. The molecule has 4 heterocycles. The summed E-state index contributed by atoms with van der Waals surface area (Å²) in [4.78, 5) is 35.2. The summed E-state index contributed by atoms with van der Waals surface area (Å²) in [5.41, 5.74) is 1.74. The first-order valence-corrected chi connectivity index (χ1v) is 8.94. The number of nitrogens with zero attached hydrogens (tertiary/aromatic N) is 3. The zero-order chi connectivity index (χ0) is 16.7. The second-order valence-corrected chi connectivity index (χ2v) is 7.09. The summed E-state index contributed by atoms with van der Waals surface area (Å²) in [5, 5.41) is 1.99. The summed E-state index contributed by atoms with van der Waals surface area (Å²) in [5.74, 6) is 0.560. The summed E-state index contributed by atoms with van der Waals surface area (Å²) in [6.45, 7) is 2.70. The van der Waals surface area contributed by atoms with Gasteiger partial charge >= 0.3 is 0 Å². The standard InChI is InChI=1S/C17H18N4O2S/c1-11-8-14(24-10-11)16(23)20-6-3-2-4-13(20)12-9-15(22)21-7-5-18-17(21)19-12/h5,7-10,13H,2-4,6H2,1H3,(H,18,19). The third-order valence-corrected chi connectivity index (χ3v) is 5.51. The summed E-state index contributed by atoms with van der Waals surface area (Å²) in [7, 11) is 0. The molecule has 0 aliphatic carbocycles. The maximum absolute atomic E-state index is 12.9. The summed E-state index contributed by atoms with van der Waals surface area (Å²) < 4.78 is 1.47. The number of imidazole rings is 1. The number of carbonyl (C=O) groups excluding carboxylic acids is 1. The molecular formula is C17H18N4O2S. The lowest BCUT2D eigenvalue weighted by atomic mass is 9.98. The molecule has 1 fully saturated rings. The number of nitrogens with one attached hydrogen (secondary N) is 1. The molecule has 1 aliphatic heterocycles. The summed E-state index contributed by atoms with van der Waals surface area (Å²) >= 11 is 1.48. The number of amides is 1. The molecule has 1 saturated heterocycles. The van der Waals surface area contributed by atoms with Crippen molar-refractivity contribution in [3.05, 3.63) is 56.4 Å². The summed E-state index contributed by atoms with van der Waals surface area (Å²) in [6, 6.07) is 3.41. The Balaban J connectivity index is 1.73. The first kappa shape index (κ1) is 15.1. The van der Waals surface area contributed by atoms with Crippen LogP contribution in [-0.4, -0.2) is 31.7 Å². The van der Waals surface area contributed by atoms with Crippen LogP contribution in [0.3, 0.4) is 0 Å². The van der Waals surface area contributed by atoms with Crippen LogP contribution in [0.15, 0.2) is 34.7 Å². The number of thiophene rings is 1. The number of H-pyrrole nitrogens is 1. The van der Waals surface area contributed by atoms with E-state index in [-0.39, 0.29) is 17.5 Å². The predicted octanol–water partition coefficient (Wildman–Crippen LogP) is 2.76. The van der Waals surface area contributed by atoms with E-state index in [9.17, 15) is 9.59 Å². The van der Waals surface area contributed by atoms with Crippen molar-refractivity contribution < 1.29 is 4.79 Å². The van der Waals surface area contributed by atoms with Crippen molar-refractivity contribution in [2.45, 2.75) is 32.2 Å². The van der Waals surface area contributed by atoms with Crippen LogP contribution >= 0.6 is 11.3 Å². The predicted molar refractivity (Wildman–Crippen MR) is 92.5 cm³/mol. The van der Waals surface area contributed by atoms with Gasteiger partial charge in [0.1, 0.15) is 0 Å². The molecule has 0 aromatic carbocycles. The molecular weight excluding hydrogens is 324 g/mol. The Morgan fingerprint density at radius 3 is 3.04 bits per heavy atom. The van der Waals surface area contributed by atoms with Crippen LogP contribution in [0.1, 0.15) is 46.2 Å². The van der Waals surface area contributed by atoms with Crippen molar-refractivity contribution in [2.75, 3.05) is 6.54 Å². The Hall–Kier alpha value is -2.41. The van der Waals surface area contributed by atoms with Gasteiger partial charge in [-0.2, -0.15) is 0 Å². The molecule has 24 heavy (non-hydrogen) atoms. The van der Waals surface area contributed by atoms with Gasteiger partial charge in [-0.05, 0) is 43.2 Å². The Kier molecular flexibility index (Phi) is 3.72. The largest absolute Gasteiger partial charge is 0.329 e. The van der Waals surface area contributed by atoms with E-state index in [1.165, 1.54) is 15.7 Å². The molecule has 1 unspecified atom stereocenters. The number of carbonyl (C=O) groups is 1. The first-order valence-electron chi connectivity index (χ1n) is 8.06. The maximum atomic E-state index is 12.9. The highest BCUT2D eigenvalue weighted by Crippen LogP contribution is 2.31. The molecule has 1 aliphatic rings. The maximum Gasteiger partial charge on any atom is 0.264 e. The highest BCUT2D eigenvalue weighted by Gasteiger charge is 2.30. The minimum Gasteiger partial charge on any atom is -0.329 e. The van der Waals surface area contributed by atoms with E-state index in [2.05, 4.69) is 9.97 Å². The van der Waals surface area contributed by atoms with Crippen LogP contribution in [0.25, 0.3) is 5.78 Å². The molecule has 3 aromatic heterocycles. The van der Waals surface area contributed by atoms with Crippen molar-refractivity contribution in [1.29, 1.82) is 0 Å². The normalized spacial score (nSPS) is 18.2. The van der Waals surface area contributed by atoms with Crippen molar-refractivity contribution in [2.24, 2.45) is 0 Å². The number of aromatic amines is 1. The van der Waals surface area contributed by atoms with Crippen molar-refractivity contribution in [3.63, 3.8) is 0 Å². The SMILES string of the molecule is Cc1csc(C(=O)N2CCCCC2c2cc(=O)n3ccnc3[nH]2)c1. The number of aryl methyl sites for hydroxylation is 1. The molecule has 7 heteroatoms. The fraction of sp³-hybridized carbons (Fsp3) is 0.353. The van der Waals surface area contributed by atoms with Crippen molar-refractivity contribution in [3.8, 4) is 0 Å². The number of rotatable bonds is 2. The second-order valence-electron chi connectivity index (χ2n) is 6.18. The van der Waals surface area contributed by atoms with Gasteiger partial charge in [0.25, 0.3) is 11.5 Å². The van der Waals surface area contributed by atoms with Gasteiger partial charge in [-0.3, -0.25) is 14.0 Å². The number of aromatic nitrogens is 3. The molecule has 0 bridgehead atoms. The highest BCUT2D eigenvalue weighted by atomic mass is 32.1. The number of hydrogen-bond donors (Lipinski definition) is 1. The van der Waals surface area contributed by atoms with E-state index in [0.29, 0.717) is 12.3 Å². The molecule has 0 saturated carbocycles. The van der Waals surface area contributed by atoms with E-state index >= 15 is 0 Å². The third kappa shape index (κ3) is 2.54. The van der Waals surface area contributed by atoms with E-state index in [0.717, 1.165) is 35.4 Å². The lowest BCUT2D eigenvalue weighted by Crippen LogP contribution is -2.39. The fourth-order valence-electron chi connectivity index (χ4n) is 3.30. The molecule has 1 amide bonds. The van der Waals surface area contributed by atoms with Gasteiger partial charge in [-0.15, -0.1) is 11.3 Å². The van der Waals surface area contributed by atoms with Crippen LogP contribution in [0.5, 0.6) is 0 Å². The Labute approximate surface area is 142 Å². The van der Waals surface area contributed by atoms with Gasteiger partial charge in [0.05, 0.1) is 10.9 Å². The first-order chi connectivity index (χ1) is 11.6. The average Bonchev–Trinajstić information content (AvgIpc) is 3.23. The highest BCUT2D eigenvalue weighted by molar-refractivity contribution is 7.12. The molecule has 4 rings (SSSR count). The average molecular weight is 342 g/mol. The van der Waals surface area contributed by atoms with Crippen molar-refractivity contribution in [1.82, 2.24) is 19.3 Å². The van der Waals surface area contributed by atoms with Gasteiger partial charge in [-0.1, -0.05) is 0 Å². The minimum atomic E-state index is -0.124. The number of piperidine rings is 1. The van der Waals surface area contributed by atoms with Crippen LogP contribution < -0.4 is 5.56 Å². The molecule has 3 aromatic rings. The van der Waals surface area contributed by atoms with E-state index < -0.39 is 0 Å². The minimum absolute atomic E-state index is 0.0434. The third-order valence-electron chi connectivity index (χ3n) is 4.48. The van der Waals surface area contributed by atoms with Gasteiger partial charge in [0.15, 0.2) is 0 Å². The fourth-order valence-corrected chi connectivity index (χ4v) is 4.16. The van der Waals surface area contributed by atoms with Gasteiger partial charge < -0.3 is 9.88 Å². The quantitative estimate of drug-likeness (QED) is 0.778. The molecule has 0 spiro atoms. The van der Waals surface area contributed by atoms with Crippen molar-refractivity contribution >= 4 is 23.0 Å². The van der Waals surface area contributed by atoms with E-state index in [4.69, 9.17) is 0 Å². The number of hydrogen-bond acceptors (Lipinski definition) is 4. The van der Waals surface area contributed by atoms with Crippen LogP contribution in [-0.2, 0) is 0 Å². The molecule has 1 N–H and O–H groups in total. The smallest absolute Gasteiger partial charge is 0.264 e. The Bertz CT molecular complexity index is 955. The zero-order valence-corrected chi connectivity index (χ0v) is 14.2. The molecule has 6 nitrogen and oxygen atoms in total. The van der Waals surface area contributed by atoms with Crippen LogP contribution in [0.4, 0.5) is 0 Å². The lowest BCUT2D eigenvalue weighted by Gasteiger charge is -2.35. The number of fused-ring (bicyclic) bond motifs is 1. The second kappa shape index (κ2) is 5.90. The topological polar surface area (TPSA) is 70.5 Å². The van der Waals surface area contributed by atoms with Gasteiger partial charge in [0.2, 0.25) is 5.78 Å². The van der Waals surface area contributed by atoms with E-state index in [1.807, 2.05) is 23.3 Å². The van der Waals surface area contributed by atoms with Gasteiger partial charge in [-0.25, -0.2) is 4.98 Å². The number of likely N-dealkylation sites (tertiary alicyclic amines) is 1. The Morgan fingerprint density at radius 2 is 2.25 bits per heavy atom. The molecule has 124 valence electrons. The monoisotopic (exact) mass is 342 g/mol.